The molecule has 0 aromatic rings. The summed E-state index contributed by atoms with van der Waals surface area (Å²) >= 11 is 5.76. The summed E-state index contributed by atoms with van der Waals surface area (Å²) in [4.78, 5) is 25.1. The molecule has 0 aromatic heterocycles. The predicted molar refractivity (Wildman–Crippen MR) is 70.5 cm³/mol. The number of unbranched alkanes of at least 4 members (excludes halogenated alkanes) is 1. The van der Waals surface area contributed by atoms with Crippen LogP contribution in [0.25, 0.3) is 0 Å². The van der Waals surface area contributed by atoms with Gasteiger partial charge in [-0.15, -0.1) is 11.6 Å². The van der Waals surface area contributed by atoms with Crippen molar-refractivity contribution >= 4 is 23.5 Å². The number of nitrogens with zero attached hydrogens (tertiary/aromatic N) is 1. The van der Waals surface area contributed by atoms with Gasteiger partial charge in [0.25, 0.3) is 0 Å². The lowest BCUT2D eigenvalue weighted by Gasteiger charge is -2.31. The molecule has 0 radical (unpaired) electrons. The van der Waals surface area contributed by atoms with Crippen LogP contribution < -0.4 is 0 Å². The van der Waals surface area contributed by atoms with E-state index in [1.807, 2.05) is 0 Å². The third kappa shape index (κ3) is 4.48. The first kappa shape index (κ1) is 15.3. The molecule has 1 saturated heterocycles. The zero-order valence-electron chi connectivity index (χ0n) is 11.2. The number of halogens is 1. The molecule has 5 heteroatoms. The molecule has 4 nitrogen and oxygen atoms in total. The van der Waals surface area contributed by atoms with E-state index >= 15 is 0 Å². The number of alkyl halides is 1. The highest BCUT2D eigenvalue weighted by Crippen LogP contribution is 2.20. The Bertz CT molecular complexity index is 286. The normalized spacial score (nSPS) is 18.5. The van der Waals surface area contributed by atoms with Gasteiger partial charge in [0, 0.05) is 13.1 Å². The van der Waals surface area contributed by atoms with Crippen molar-refractivity contribution in [2.24, 2.45) is 5.92 Å². The third-order valence-electron chi connectivity index (χ3n) is 3.22. The molecule has 18 heavy (non-hydrogen) atoms. The van der Waals surface area contributed by atoms with E-state index in [-0.39, 0.29) is 17.8 Å². The minimum Gasteiger partial charge on any atom is -0.465 e. The molecule has 1 fully saturated rings. The number of esters is 1. The first-order valence-electron chi connectivity index (χ1n) is 6.65. The van der Waals surface area contributed by atoms with Gasteiger partial charge in [0.1, 0.15) is 5.38 Å². The molecular formula is C13H22ClNO3. The van der Waals surface area contributed by atoms with Crippen molar-refractivity contribution in [3.63, 3.8) is 0 Å². The molecule has 1 aliphatic rings. The van der Waals surface area contributed by atoms with Crippen LogP contribution in [-0.2, 0) is 14.3 Å². The number of carbonyl (C=O) groups excluding carboxylic acids is 2. The van der Waals surface area contributed by atoms with Crippen molar-refractivity contribution in [2.75, 3.05) is 19.7 Å². The van der Waals surface area contributed by atoms with E-state index in [2.05, 4.69) is 6.92 Å². The van der Waals surface area contributed by atoms with Gasteiger partial charge in [-0.25, -0.2) is 0 Å². The fraction of sp³-hybridized carbons (Fsp3) is 0.846. The van der Waals surface area contributed by atoms with Crippen LogP contribution in [0.1, 0.15) is 39.5 Å². The van der Waals surface area contributed by atoms with E-state index in [9.17, 15) is 9.59 Å². The van der Waals surface area contributed by atoms with Crippen LogP contribution in [0.5, 0.6) is 0 Å². The third-order valence-corrected chi connectivity index (χ3v) is 3.41. The number of hydrogen-bond acceptors (Lipinski definition) is 3. The van der Waals surface area contributed by atoms with E-state index in [4.69, 9.17) is 16.3 Å². The number of ether oxygens (including phenoxy) is 1. The van der Waals surface area contributed by atoms with Crippen molar-refractivity contribution in [3.8, 4) is 0 Å². The SMILES string of the molecule is CCCCOC(=O)C1CCN(C(=O)C(C)Cl)CC1. The number of rotatable bonds is 5. The molecule has 104 valence electrons. The fourth-order valence-electron chi connectivity index (χ4n) is 2.02. The number of likely N-dealkylation sites (tertiary alicyclic amines) is 1. The van der Waals surface area contributed by atoms with Gasteiger partial charge in [-0.1, -0.05) is 13.3 Å². The summed E-state index contributed by atoms with van der Waals surface area (Å²) in [6, 6.07) is 0. The topological polar surface area (TPSA) is 46.6 Å². The number of carbonyl (C=O) groups is 2. The van der Waals surface area contributed by atoms with Crippen LogP contribution in [-0.4, -0.2) is 41.8 Å². The smallest absolute Gasteiger partial charge is 0.309 e. The van der Waals surface area contributed by atoms with Crippen LogP contribution >= 0.6 is 11.6 Å². The highest BCUT2D eigenvalue weighted by Gasteiger charge is 2.29. The van der Waals surface area contributed by atoms with Crippen molar-refractivity contribution in [1.82, 2.24) is 4.90 Å². The van der Waals surface area contributed by atoms with Crippen LogP contribution in [0.3, 0.4) is 0 Å². The molecule has 1 amide bonds. The Labute approximate surface area is 114 Å². The van der Waals surface area contributed by atoms with Crippen molar-refractivity contribution < 1.29 is 14.3 Å². The van der Waals surface area contributed by atoms with E-state index in [0.717, 1.165) is 12.8 Å². The number of amides is 1. The minimum absolute atomic E-state index is 0.0468. The predicted octanol–water partition coefficient (Wildman–Crippen LogP) is 2.20. The van der Waals surface area contributed by atoms with Crippen molar-refractivity contribution in [1.29, 1.82) is 0 Å². The van der Waals surface area contributed by atoms with Gasteiger partial charge in [0.05, 0.1) is 12.5 Å². The summed E-state index contributed by atoms with van der Waals surface area (Å²) in [6.07, 6.45) is 3.29. The van der Waals surface area contributed by atoms with E-state index < -0.39 is 5.38 Å². The van der Waals surface area contributed by atoms with Gasteiger partial charge >= 0.3 is 5.97 Å². The average Bonchev–Trinajstić information content (AvgIpc) is 2.38. The van der Waals surface area contributed by atoms with Gasteiger partial charge in [-0.3, -0.25) is 9.59 Å². The Balaban J connectivity index is 2.30. The molecule has 1 heterocycles. The van der Waals surface area contributed by atoms with Crippen molar-refractivity contribution in [3.05, 3.63) is 0 Å². The van der Waals surface area contributed by atoms with Crippen LogP contribution in [0.2, 0.25) is 0 Å². The average molecular weight is 276 g/mol. The molecule has 1 aliphatic heterocycles. The minimum atomic E-state index is -0.488. The zero-order valence-corrected chi connectivity index (χ0v) is 11.9. The maximum absolute atomic E-state index is 11.7. The van der Waals surface area contributed by atoms with Crippen LogP contribution in [0, 0.1) is 5.92 Å². The lowest BCUT2D eigenvalue weighted by Crippen LogP contribution is -2.43. The van der Waals surface area contributed by atoms with Crippen molar-refractivity contribution in [2.45, 2.75) is 44.9 Å². The summed E-state index contributed by atoms with van der Waals surface area (Å²) < 4.78 is 5.20. The molecule has 0 spiro atoms. The molecule has 0 aromatic carbocycles. The van der Waals surface area contributed by atoms with Gasteiger partial charge in [0.15, 0.2) is 0 Å². The standard InChI is InChI=1S/C13H22ClNO3/c1-3-4-9-18-13(17)11-5-7-15(8-6-11)12(16)10(2)14/h10-11H,3-9H2,1-2H3. The molecule has 0 aliphatic carbocycles. The maximum Gasteiger partial charge on any atom is 0.309 e. The summed E-state index contributed by atoms with van der Waals surface area (Å²) in [5.74, 6) is -0.222. The summed E-state index contributed by atoms with van der Waals surface area (Å²) in [6.45, 7) is 5.44. The Morgan fingerprint density at radius 1 is 1.39 bits per heavy atom. The lowest BCUT2D eigenvalue weighted by atomic mass is 9.97. The quantitative estimate of drug-likeness (QED) is 0.439. The Kier molecular flexibility index (Phi) is 6.47. The monoisotopic (exact) mass is 275 g/mol. The lowest BCUT2D eigenvalue weighted by molar-refractivity contribution is -0.151. The number of piperidine rings is 1. The highest BCUT2D eigenvalue weighted by atomic mass is 35.5. The zero-order chi connectivity index (χ0) is 13.5. The molecule has 0 saturated carbocycles. The second-order valence-electron chi connectivity index (χ2n) is 4.74. The fourth-order valence-corrected chi connectivity index (χ4v) is 2.16. The van der Waals surface area contributed by atoms with E-state index in [0.29, 0.717) is 32.5 Å². The molecular weight excluding hydrogens is 254 g/mol. The molecule has 1 atom stereocenters. The molecule has 1 unspecified atom stereocenters. The number of hydrogen-bond donors (Lipinski definition) is 0. The summed E-state index contributed by atoms with van der Waals surface area (Å²) in [5, 5.41) is -0.488. The first-order valence-corrected chi connectivity index (χ1v) is 7.09. The van der Waals surface area contributed by atoms with Gasteiger partial charge in [0.2, 0.25) is 5.91 Å². The largest absolute Gasteiger partial charge is 0.465 e. The van der Waals surface area contributed by atoms with Gasteiger partial charge < -0.3 is 9.64 Å². The van der Waals surface area contributed by atoms with E-state index in [1.165, 1.54) is 0 Å². The second-order valence-corrected chi connectivity index (χ2v) is 5.39. The summed E-state index contributed by atoms with van der Waals surface area (Å²) in [7, 11) is 0. The van der Waals surface area contributed by atoms with Crippen LogP contribution in [0.4, 0.5) is 0 Å². The van der Waals surface area contributed by atoms with Crippen LogP contribution in [0.15, 0.2) is 0 Å². The Morgan fingerprint density at radius 2 is 2.00 bits per heavy atom. The molecule has 0 N–H and O–H groups in total. The first-order chi connectivity index (χ1) is 8.56. The van der Waals surface area contributed by atoms with Gasteiger partial charge in [-0.05, 0) is 26.2 Å². The molecule has 1 rings (SSSR count). The Hall–Kier alpha value is -0.770. The maximum atomic E-state index is 11.7. The van der Waals surface area contributed by atoms with E-state index in [1.54, 1.807) is 11.8 Å². The molecule has 0 bridgehead atoms. The Morgan fingerprint density at radius 3 is 2.50 bits per heavy atom. The highest BCUT2D eigenvalue weighted by molar-refractivity contribution is 6.30. The second kappa shape index (κ2) is 7.62. The summed E-state index contributed by atoms with van der Waals surface area (Å²) in [5.41, 5.74) is 0. The van der Waals surface area contributed by atoms with Gasteiger partial charge in [-0.2, -0.15) is 0 Å².